The molecule has 0 bridgehead atoms. The summed E-state index contributed by atoms with van der Waals surface area (Å²) in [5, 5.41) is 2.89. The zero-order valence-corrected chi connectivity index (χ0v) is 12.9. The lowest BCUT2D eigenvalue weighted by atomic mass is 9.94. The minimum Gasteiger partial charge on any atom is -0.350 e. The molecule has 3 rings (SSSR count). The van der Waals surface area contributed by atoms with Gasteiger partial charge in [-0.15, -0.1) is 0 Å². The third kappa shape index (κ3) is 3.36. The van der Waals surface area contributed by atoms with Crippen LogP contribution in [0.5, 0.6) is 0 Å². The van der Waals surface area contributed by atoms with Gasteiger partial charge in [-0.1, -0.05) is 12.1 Å². The minimum absolute atomic E-state index is 0.0398. The lowest BCUT2D eigenvalue weighted by Crippen LogP contribution is -2.43. The number of nitrogens with one attached hydrogen (secondary N) is 1. The second-order valence-electron chi connectivity index (χ2n) is 5.54. The van der Waals surface area contributed by atoms with Gasteiger partial charge in [-0.3, -0.25) is 19.6 Å². The van der Waals surface area contributed by atoms with Crippen LogP contribution >= 0.6 is 0 Å². The SMILES string of the molecule is CC(=O)N1Cc2cccnc2C(C(=O)NCc2ccccn2)C1. The van der Waals surface area contributed by atoms with Gasteiger partial charge in [0.2, 0.25) is 11.8 Å². The second kappa shape index (κ2) is 6.56. The second-order valence-corrected chi connectivity index (χ2v) is 5.54. The topological polar surface area (TPSA) is 75.2 Å². The van der Waals surface area contributed by atoms with Crippen LogP contribution < -0.4 is 5.32 Å². The van der Waals surface area contributed by atoms with Crippen molar-refractivity contribution in [1.29, 1.82) is 0 Å². The summed E-state index contributed by atoms with van der Waals surface area (Å²) in [6.07, 6.45) is 3.37. The largest absolute Gasteiger partial charge is 0.350 e. The van der Waals surface area contributed by atoms with Gasteiger partial charge in [0.15, 0.2) is 0 Å². The Morgan fingerprint density at radius 1 is 1.22 bits per heavy atom. The summed E-state index contributed by atoms with van der Waals surface area (Å²) in [5.41, 5.74) is 2.47. The van der Waals surface area contributed by atoms with E-state index in [-0.39, 0.29) is 11.8 Å². The van der Waals surface area contributed by atoms with Crippen LogP contribution in [0.4, 0.5) is 0 Å². The first-order valence-corrected chi connectivity index (χ1v) is 7.52. The normalized spacial score (nSPS) is 16.6. The smallest absolute Gasteiger partial charge is 0.231 e. The molecule has 6 heteroatoms. The number of carbonyl (C=O) groups is 2. The van der Waals surface area contributed by atoms with E-state index in [1.807, 2.05) is 30.3 Å². The average Bonchev–Trinajstić information content (AvgIpc) is 2.59. The van der Waals surface area contributed by atoms with Crippen molar-refractivity contribution < 1.29 is 9.59 Å². The first kappa shape index (κ1) is 15.1. The Labute approximate surface area is 134 Å². The molecule has 2 aromatic heterocycles. The summed E-state index contributed by atoms with van der Waals surface area (Å²) < 4.78 is 0. The minimum atomic E-state index is -0.451. The van der Waals surface area contributed by atoms with Crippen LogP contribution in [0, 0.1) is 0 Å². The Balaban J connectivity index is 1.77. The summed E-state index contributed by atoms with van der Waals surface area (Å²) in [6.45, 7) is 2.73. The quantitative estimate of drug-likeness (QED) is 0.925. The first-order valence-electron chi connectivity index (χ1n) is 7.52. The fourth-order valence-electron chi connectivity index (χ4n) is 2.73. The van der Waals surface area contributed by atoms with Crippen molar-refractivity contribution in [3.8, 4) is 0 Å². The maximum atomic E-state index is 12.6. The predicted octanol–water partition coefficient (Wildman–Crippen LogP) is 1.24. The van der Waals surface area contributed by atoms with Crippen molar-refractivity contribution in [3.05, 3.63) is 59.7 Å². The van der Waals surface area contributed by atoms with Crippen molar-refractivity contribution >= 4 is 11.8 Å². The van der Waals surface area contributed by atoms with Crippen LogP contribution in [-0.2, 0) is 22.7 Å². The van der Waals surface area contributed by atoms with Gasteiger partial charge in [0, 0.05) is 32.4 Å². The molecule has 0 fully saturated rings. The summed E-state index contributed by atoms with van der Waals surface area (Å²) in [7, 11) is 0. The van der Waals surface area contributed by atoms with Crippen LogP contribution in [-0.4, -0.2) is 33.2 Å². The highest BCUT2D eigenvalue weighted by Crippen LogP contribution is 2.26. The number of nitrogens with zero attached hydrogens (tertiary/aromatic N) is 3. The standard InChI is InChI=1S/C17H18N4O2/c1-12(22)21-10-13-5-4-8-19-16(13)15(11-21)17(23)20-9-14-6-2-3-7-18-14/h2-8,15H,9-11H2,1H3,(H,20,23). The summed E-state index contributed by atoms with van der Waals surface area (Å²) in [4.78, 5) is 34.5. The van der Waals surface area contributed by atoms with Crippen LogP contribution in [0.3, 0.4) is 0 Å². The third-order valence-corrected chi connectivity index (χ3v) is 3.95. The summed E-state index contributed by atoms with van der Waals surface area (Å²) >= 11 is 0. The van der Waals surface area contributed by atoms with Gasteiger partial charge in [-0.2, -0.15) is 0 Å². The Bertz CT molecular complexity index is 718. The number of carbonyl (C=O) groups excluding carboxylic acids is 2. The third-order valence-electron chi connectivity index (χ3n) is 3.95. The van der Waals surface area contributed by atoms with Gasteiger partial charge in [0.05, 0.1) is 23.9 Å². The monoisotopic (exact) mass is 310 g/mol. The molecule has 1 atom stereocenters. The van der Waals surface area contributed by atoms with Gasteiger partial charge in [-0.25, -0.2) is 0 Å². The van der Waals surface area contributed by atoms with E-state index >= 15 is 0 Å². The Morgan fingerprint density at radius 3 is 2.78 bits per heavy atom. The highest BCUT2D eigenvalue weighted by molar-refractivity contribution is 5.85. The highest BCUT2D eigenvalue weighted by atomic mass is 16.2. The zero-order valence-electron chi connectivity index (χ0n) is 12.9. The van der Waals surface area contributed by atoms with Gasteiger partial charge in [-0.05, 0) is 23.8 Å². The van der Waals surface area contributed by atoms with Crippen molar-refractivity contribution in [2.45, 2.75) is 25.9 Å². The molecule has 2 amide bonds. The number of aromatic nitrogens is 2. The molecule has 6 nitrogen and oxygen atoms in total. The molecule has 0 saturated carbocycles. The number of fused-ring (bicyclic) bond motifs is 1. The van der Waals surface area contributed by atoms with Crippen molar-refractivity contribution in [2.75, 3.05) is 6.54 Å². The lowest BCUT2D eigenvalue weighted by molar-refractivity contribution is -0.131. The van der Waals surface area contributed by atoms with Crippen molar-refractivity contribution in [1.82, 2.24) is 20.2 Å². The van der Waals surface area contributed by atoms with E-state index in [9.17, 15) is 9.59 Å². The Kier molecular flexibility index (Phi) is 4.32. The van der Waals surface area contributed by atoms with Crippen LogP contribution in [0.15, 0.2) is 42.7 Å². The fourth-order valence-corrected chi connectivity index (χ4v) is 2.73. The first-order chi connectivity index (χ1) is 11.1. The van der Waals surface area contributed by atoms with Gasteiger partial charge in [0.1, 0.15) is 0 Å². The van der Waals surface area contributed by atoms with E-state index in [2.05, 4.69) is 15.3 Å². The van der Waals surface area contributed by atoms with Crippen LogP contribution in [0.25, 0.3) is 0 Å². The van der Waals surface area contributed by atoms with E-state index in [0.717, 1.165) is 17.0 Å². The molecule has 1 unspecified atom stereocenters. The lowest BCUT2D eigenvalue weighted by Gasteiger charge is -2.32. The molecule has 0 aliphatic carbocycles. The molecule has 2 aromatic rings. The molecule has 0 saturated heterocycles. The highest BCUT2D eigenvalue weighted by Gasteiger charge is 2.32. The average molecular weight is 310 g/mol. The molecule has 3 heterocycles. The Hall–Kier alpha value is -2.76. The van der Waals surface area contributed by atoms with Gasteiger partial charge < -0.3 is 10.2 Å². The van der Waals surface area contributed by atoms with E-state index in [1.165, 1.54) is 6.92 Å². The predicted molar refractivity (Wildman–Crippen MR) is 84.2 cm³/mol. The summed E-state index contributed by atoms with van der Waals surface area (Å²) in [6, 6.07) is 9.30. The van der Waals surface area contributed by atoms with Crippen LogP contribution in [0.1, 0.15) is 29.8 Å². The van der Waals surface area contributed by atoms with Crippen molar-refractivity contribution in [3.63, 3.8) is 0 Å². The van der Waals surface area contributed by atoms with Crippen molar-refractivity contribution in [2.24, 2.45) is 0 Å². The van der Waals surface area contributed by atoms with E-state index in [0.29, 0.717) is 19.6 Å². The molecule has 0 spiro atoms. The molecule has 1 aliphatic rings. The molecule has 1 N–H and O–H groups in total. The maximum absolute atomic E-state index is 12.6. The Morgan fingerprint density at radius 2 is 2.04 bits per heavy atom. The molecule has 0 aromatic carbocycles. The number of rotatable bonds is 3. The van der Waals surface area contributed by atoms with E-state index in [1.54, 1.807) is 17.3 Å². The molecule has 23 heavy (non-hydrogen) atoms. The molecular weight excluding hydrogens is 292 g/mol. The number of amides is 2. The molecule has 0 radical (unpaired) electrons. The van der Waals surface area contributed by atoms with Gasteiger partial charge >= 0.3 is 0 Å². The van der Waals surface area contributed by atoms with Gasteiger partial charge in [0.25, 0.3) is 0 Å². The maximum Gasteiger partial charge on any atom is 0.231 e. The van der Waals surface area contributed by atoms with E-state index < -0.39 is 5.92 Å². The number of hydrogen-bond donors (Lipinski definition) is 1. The molecular formula is C17H18N4O2. The van der Waals surface area contributed by atoms with E-state index in [4.69, 9.17) is 0 Å². The molecule has 1 aliphatic heterocycles. The number of hydrogen-bond acceptors (Lipinski definition) is 4. The molecule has 118 valence electrons. The van der Waals surface area contributed by atoms with Crippen LogP contribution in [0.2, 0.25) is 0 Å². The fraction of sp³-hybridized carbons (Fsp3) is 0.294. The number of pyridine rings is 2. The zero-order chi connectivity index (χ0) is 16.2. The summed E-state index contributed by atoms with van der Waals surface area (Å²) in [5.74, 6) is -0.629.